The fourth-order valence-corrected chi connectivity index (χ4v) is 9.83. The van der Waals surface area contributed by atoms with Crippen molar-refractivity contribution in [1.29, 1.82) is 0 Å². The van der Waals surface area contributed by atoms with E-state index in [2.05, 4.69) is 64.1 Å². The van der Waals surface area contributed by atoms with Gasteiger partial charge in [-0.05, 0) is 0 Å². The van der Waals surface area contributed by atoms with Gasteiger partial charge in [0.05, 0.1) is 0 Å². The van der Waals surface area contributed by atoms with E-state index in [0.29, 0.717) is 5.78 Å². The van der Waals surface area contributed by atoms with E-state index in [4.69, 9.17) is 0 Å². The molecule has 0 unspecified atom stereocenters. The number of Topliss-reactive ketones (excluding diaryl/α,β-unsaturated/α-hetero) is 1. The zero-order valence-electron chi connectivity index (χ0n) is 16.2. The van der Waals surface area contributed by atoms with Crippen LogP contribution in [0.4, 0.5) is 0 Å². The zero-order chi connectivity index (χ0) is 19.4. The Hall–Kier alpha value is -1.63. The van der Waals surface area contributed by atoms with E-state index in [1.54, 1.807) is 0 Å². The Balaban J connectivity index is 2.00. The summed E-state index contributed by atoms with van der Waals surface area (Å²) in [6, 6.07) is 22.7. The molecular weight excluding hydrogens is 462 g/mol. The third-order valence-electron chi connectivity index (χ3n) is 4.54. The summed E-state index contributed by atoms with van der Waals surface area (Å²) >= 11 is 0.216. The van der Waals surface area contributed by atoms with Crippen LogP contribution in [0.2, 0.25) is 3.71 Å². The van der Waals surface area contributed by atoms with Gasteiger partial charge in [0.2, 0.25) is 0 Å². The van der Waals surface area contributed by atoms with Gasteiger partial charge in [-0.15, -0.1) is 0 Å². The number of hydrogen-bond donors (Lipinski definition) is 0. The Morgan fingerprint density at radius 3 is 1.44 bits per heavy atom. The SMILES string of the molecule is Cc1cccc(C)c1[Se]C([Se]c1c(C)cccc1C)C(=O)c1ccccc1. The summed E-state index contributed by atoms with van der Waals surface area (Å²) in [4.78, 5) is 13.4. The molecule has 0 saturated heterocycles. The normalized spacial score (nSPS) is 11.0. The maximum absolute atomic E-state index is 13.4. The van der Waals surface area contributed by atoms with Gasteiger partial charge in [0.15, 0.2) is 0 Å². The van der Waals surface area contributed by atoms with Crippen molar-refractivity contribution in [3.05, 3.63) is 94.5 Å². The summed E-state index contributed by atoms with van der Waals surface area (Å²) < 4.78 is 2.83. The van der Waals surface area contributed by atoms with Crippen LogP contribution in [0.25, 0.3) is 0 Å². The number of rotatable bonds is 6. The summed E-state index contributed by atoms with van der Waals surface area (Å²) in [7, 11) is 0. The van der Waals surface area contributed by atoms with Gasteiger partial charge in [0, 0.05) is 0 Å². The average Bonchev–Trinajstić information content (AvgIpc) is 2.66. The van der Waals surface area contributed by atoms with Crippen molar-refractivity contribution in [1.82, 2.24) is 0 Å². The summed E-state index contributed by atoms with van der Waals surface area (Å²) in [6.07, 6.45) is 0. The van der Waals surface area contributed by atoms with E-state index in [-0.39, 0.29) is 33.6 Å². The number of carbonyl (C=O) groups is 1. The minimum atomic E-state index is 0.0620. The van der Waals surface area contributed by atoms with Crippen LogP contribution < -0.4 is 8.92 Å². The monoisotopic (exact) mass is 488 g/mol. The quantitative estimate of drug-likeness (QED) is 0.382. The van der Waals surface area contributed by atoms with Crippen molar-refractivity contribution >= 4 is 44.6 Å². The van der Waals surface area contributed by atoms with E-state index >= 15 is 0 Å². The van der Waals surface area contributed by atoms with Gasteiger partial charge in [-0.2, -0.15) is 0 Å². The second-order valence-corrected chi connectivity index (χ2v) is 12.9. The zero-order valence-corrected chi connectivity index (χ0v) is 19.6. The molecule has 1 nitrogen and oxygen atoms in total. The van der Waals surface area contributed by atoms with E-state index in [1.165, 1.54) is 31.2 Å². The molecule has 0 atom stereocenters. The molecule has 0 aliphatic carbocycles. The summed E-state index contributed by atoms with van der Waals surface area (Å²) in [5, 5.41) is 0. The Kier molecular flexibility index (Phi) is 6.73. The number of ketones is 1. The molecule has 3 rings (SSSR count). The Bertz CT molecular complexity index is 854. The van der Waals surface area contributed by atoms with Gasteiger partial charge in [-0.1, -0.05) is 0 Å². The summed E-state index contributed by atoms with van der Waals surface area (Å²) in [5.74, 6) is 0.293. The topological polar surface area (TPSA) is 17.1 Å². The van der Waals surface area contributed by atoms with Gasteiger partial charge in [-0.25, -0.2) is 0 Å². The van der Waals surface area contributed by atoms with E-state index < -0.39 is 0 Å². The van der Waals surface area contributed by atoms with E-state index in [1.807, 2.05) is 30.3 Å². The molecule has 0 N–H and O–H groups in total. The number of carbonyl (C=O) groups excluding carboxylic acids is 1. The Morgan fingerprint density at radius 2 is 1.04 bits per heavy atom. The molecular formula is C24H24OSe2. The second kappa shape index (κ2) is 9.04. The molecule has 3 heteroatoms. The predicted octanol–water partition coefficient (Wildman–Crippen LogP) is 3.91. The van der Waals surface area contributed by atoms with Gasteiger partial charge >= 0.3 is 175 Å². The summed E-state index contributed by atoms with van der Waals surface area (Å²) in [5.41, 5.74) is 6.05. The first-order valence-electron chi connectivity index (χ1n) is 9.02. The van der Waals surface area contributed by atoms with Gasteiger partial charge < -0.3 is 0 Å². The standard InChI is InChI=1S/C24H24OSe2/c1-16-10-8-11-17(2)22(16)26-24(21(25)20-14-6-5-7-15-20)27-23-18(3)12-9-13-19(23)4/h5-15,24H,1-4H3. The van der Waals surface area contributed by atoms with Crippen molar-refractivity contribution < 1.29 is 4.79 Å². The molecule has 0 radical (unpaired) electrons. The van der Waals surface area contributed by atoms with Crippen LogP contribution in [0.15, 0.2) is 66.7 Å². The van der Waals surface area contributed by atoms with Gasteiger partial charge in [0.25, 0.3) is 0 Å². The first-order valence-corrected chi connectivity index (χ1v) is 12.7. The second-order valence-electron chi connectivity index (χ2n) is 6.74. The number of hydrogen-bond acceptors (Lipinski definition) is 1. The molecule has 0 bridgehead atoms. The van der Waals surface area contributed by atoms with Crippen LogP contribution in [0, 0.1) is 27.7 Å². The van der Waals surface area contributed by atoms with Crippen LogP contribution in [-0.2, 0) is 0 Å². The van der Waals surface area contributed by atoms with Gasteiger partial charge in [-0.3, -0.25) is 0 Å². The molecule has 3 aromatic carbocycles. The molecule has 27 heavy (non-hydrogen) atoms. The number of aryl methyl sites for hydroxylation is 4. The van der Waals surface area contributed by atoms with Crippen LogP contribution in [0.1, 0.15) is 32.6 Å². The fraction of sp³-hybridized carbons (Fsp3) is 0.208. The molecule has 0 spiro atoms. The molecule has 0 amide bonds. The Morgan fingerprint density at radius 1 is 0.630 bits per heavy atom. The van der Waals surface area contributed by atoms with Crippen molar-refractivity contribution in [2.24, 2.45) is 0 Å². The molecule has 0 aromatic heterocycles. The first-order chi connectivity index (χ1) is 13.0. The first kappa shape index (κ1) is 20.1. The summed E-state index contributed by atoms with van der Waals surface area (Å²) in [6.45, 7) is 8.67. The molecule has 3 aromatic rings. The molecule has 0 fully saturated rings. The van der Waals surface area contributed by atoms with Crippen molar-refractivity contribution in [3.8, 4) is 0 Å². The minimum absolute atomic E-state index is 0.0620. The van der Waals surface area contributed by atoms with E-state index in [9.17, 15) is 4.79 Å². The van der Waals surface area contributed by atoms with Crippen LogP contribution in [0.5, 0.6) is 0 Å². The Labute approximate surface area is 174 Å². The molecule has 0 saturated carbocycles. The van der Waals surface area contributed by atoms with Crippen molar-refractivity contribution in [2.75, 3.05) is 0 Å². The van der Waals surface area contributed by atoms with Gasteiger partial charge in [0.1, 0.15) is 0 Å². The third kappa shape index (κ3) is 4.81. The van der Waals surface area contributed by atoms with Crippen molar-refractivity contribution in [2.45, 2.75) is 31.4 Å². The average molecular weight is 486 g/mol. The molecule has 0 aliphatic heterocycles. The van der Waals surface area contributed by atoms with Crippen LogP contribution >= 0.6 is 0 Å². The van der Waals surface area contributed by atoms with Crippen LogP contribution in [0.3, 0.4) is 0 Å². The third-order valence-corrected chi connectivity index (χ3v) is 12.1. The molecule has 0 heterocycles. The molecule has 0 aliphatic rings. The molecule has 138 valence electrons. The van der Waals surface area contributed by atoms with Crippen LogP contribution in [-0.4, -0.2) is 35.7 Å². The maximum atomic E-state index is 13.4. The predicted molar refractivity (Wildman–Crippen MR) is 117 cm³/mol. The number of benzene rings is 3. The van der Waals surface area contributed by atoms with E-state index in [0.717, 1.165) is 5.56 Å². The fourth-order valence-electron chi connectivity index (χ4n) is 3.05. The van der Waals surface area contributed by atoms with Crippen molar-refractivity contribution in [3.63, 3.8) is 0 Å².